The zero-order valence-corrected chi connectivity index (χ0v) is 16.0. The van der Waals surface area contributed by atoms with Crippen molar-refractivity contribution in [3.8, 4) is 5.75 Å². The first-order valence-corrected chi connectivity index (χ1v) is 9.17. The Morgan fingerprint density at radius 2 is 2.04 bits per heavy atom. The maximum Gasteiger partial charge on any atom is 0.315 e. The lowest BCUT2D eigenvalue weighted by molar-refractivity contribution is -0.147. The molecule has 1 aromatic rings. The molecule has 0 N–H and O–H groups in total. The highest BCUT2D eigenvalue weighted by molar-refractivity contribution is 6.08. The second-order valence-electron chi connectivity index (χ2n) is 6.78. The van der Waals surface area contributed by atoms with Gasteiger partial charge in [-0.25, -0.2) is 0 Å². The Kier molecular flexibility index (Phi) is 6.06. The fourth-order valence-electron chi connectivity index (χ4n) is 3.82. The predicted molar refractivity (Wildman–Crippen MR) is 101 cm³/mol. The van der Waals surface area contributed by atoms with Crippen molar-refractivity contribution >= 4 is 17.5 Å². The minimum atomic E-state index is -0.630. The molecule has 1 unspecified atom stereocenters. The molecule has 2 aliphatic rings. The van der Waals surface area contributed by atoms with Gasteiger partial charge in [0.2, 0.25) is 0 Å². The van der Waals surface area contributed by atoms with Gasteiger partial charge in [0.15, 0.2) is 5.78 Å². The number of carbonyl (C=O) groups is 2. The van der Waals surface area contributed by atoms with Gasteiger partial charge in [0.1, 0.15) is 18.3 Å². The Labute approximate surface area is 159 Å². The second-order valence-corrected chi connectivity index (χ2v) is 6.78. The maximum atomic E-state index is 12.9. The highest BCUT2D eigenvalue weighted by Crippen LogP contribution is 2.44. The first kappa shape index (κ1) is 19.3. The maximum absolute atomic E-state index is 12.9. The van der Waals surface area contributed by atoms with Crippen LogP contribution in [0.15, 0.2) is 40.5 Å². The lowest BCUT2D eigenvalue weighted by Gasteiger charge is -2.34. The van der Waals surface area contributed by atoms with E-state index in [4.69, 9.17) is 14.2 Å². The summed E-state index contributed by atoms with van der Waals surface area (Å²) < 4.78 is 15.7. The summed E-state index contributed by atoms with van der Waals surface area (Å²) >= 11 is 0. The Bertz CT molecular complexity index is 796. The number of methoxy groups -OCH3 is 2. The summed E-state index contributed by atoms with van der Waals surface area (Å²) in [5, 5.41) is 0. The molecule has 2 atom stereocenters. The van der Waals surface area contributed by atoms with E-state index in [1.807, 2.05) is 31.2 Å². The third-order valence-corrected chi connectivity index (χ3v) is 5.07. The smallest absolute Gasteiger partial charge is 0.315 e. The average Bonchev–Trinajstić information content (AvgIpc) is 2.67. The molecule has 6 nitrogen and oxygen atoms in total. The van der Waals surface area contributed by atoms with Crippen LogP contribution in [0.3, 0.4) is 0 Å². The zero-order valence-electron chi connectivity index (χ0n) is 16.0. The van der Waals surface area contributed by atoms with E-state index in [1.54, 1.807) is 14.2 Å². The molecule has 6 heteroatoms. The quantitative estimate of drug-likeness (QED) is 0.567. The van der Waals surface area contributed by atoms with E-state index in [1.165, 1.54) is 0 Å². The van der Waals surface area contributed by atoms with Crippen molar-refractivity contribution in [2.24, 2.45) is 10.9 Å². The number of nitrogens with zero attached hydrogens (tertiary/aromatic N) is 1. The normalized spacial score (nSPS) is 22.2. The van der Waals surface area contributed by atoms with Crippen LogP contribution in [0.5, 0.6) is 5.75 Å². The van der Waals surface area contributed by atoms with E-state index < -0.39 is 11.8 Å². The van der Waals surface area contributed by atoms with Gasteiger partial charge in [0.05, 0.1) is 13.7 Å². The fraction of sp³-hybridized carbons (Fsp3) is 0.476. The minimum Gasteiger partial charge on any atom is -0.497 e. The van der Waals surface area contributed by atoms with Gasteiger partial charge < -0.3 is 14.2 Å². The Morgan fingerprint density at radius 3 is 2.78 bits per heavy atom. The first-order chi connectivity index (χ1) is 13.1. The number of ketones is 1. The summed E-state index contributed by atoms with van der Waals surface area (Å²) in [5.74, 6) is -0.671. The van der Waals surface area contributed by atoms with E-state index in [9.17, 15) is 9.59 Å². The Morgan fingerprint density at radius 1 is 1.22 bits per heavy atom. The van der Waals surface area contributed by atoms with Crippen molar-refractivity contribution < 1.29 is 23.8 Å². The van der Waals surface area contributed by atoms with E-state index in [-0.39, 0.29) is 18.4 Å². The monoisotopic (exact) mass is 371 g/mol. The van der Waals surface area contributed by atoms with Gasteiger partial charge in [-0.1, -0.05) is 12.1 Å². The molecule has 1 aliphatic carbocycles. The molecule has 0 aromatic heterocycles. The van der Waals surface area contributed by atoms with Gasteiger partial charge in [0.25, 0.3) is 0 Å². The molecule has 0 spiro atoms. The van der Waals surface area contributed by atoms with Crippen molar-refractivity contribution in [2.45, 2.75) is 32.1 Å². The van der Waals surface area contributed by atoms with E-state index in [0.29, 0.717) is 30.1 Å². The molecule has 0 fully saturated rings. The predicted octanol–water partition coefficient (Wildman–Crippen LogP) is 3.07. The molecule has 0 amide bonds. The highest BCUT2D eigenvalue weighted by Gasteiger charge is 2.43. The van der Waals surface area contributed by atoms with Gasteiger partial charge in [-0.15, -0.1) is 0 Å². The van der Waals surface area contributed by atoms with Crippen molar-refractivity contribution in [2.75, 3.05) is 27.4 Å². The Hall–Kier alpha value is -2.47. The number of benzene rings is 1. The highest BCUT2D eigenvalue weighted by atomic mass is 16.6. The van der Waals surface area contributed by atoms with E-state index >= 15 is 0 Å². The summed E-state index contributed by atoms with van der Waals surface area (Å²) in [6.45, 7) is 2.33. The Balaban J connectivity index is 2.05. The summed E-state index contributed by atoms with van der Waals surface area (Å²) in [7, 11) is 3.15. The van der Waals surface area contributed by atoms with Crippen molar-refractivity contribution in [1.82, 2.24) is 0 Å². The molecular weight excluding hydrogens is 346 g/mol. The van der Waals surface area contributed by atoms with Crippen LogP contribution in [0.25, 0.3) is 0 Å². The van der Waals surface area contributed by atoms with Crippen molar-refractivity contribution in [3.63, 3.8) is 0 Å². The zero-order chi connectivity index (χ0) is 19.4. The molecule has 0 saturated heterocycles. The number of hydrogen-bond acceptors (Lipinski definition) is 6. The number of hydrogen-bond donors (Lipinski definition) is 0. The molecule has 27 heavy (non-hydrogen) atoms. The van der Waals surface area contributed by atoms with Crippen molar-refractivity contribution in [3.05, 3.63) is 41.1 Å². The third kappa shape index (κ3) is 3.95. The number of rotatable bonds is 6. The number of esters is 1. The number of allylic oxidation sites excluding steroid dienone is 2. The molecular formula is C21H25NO5. The number of Topliss-reactive ketones (excluding diaryl/α,β-unsaturated/α-hetero) is 1. The number of aliphatic imine (C=N–C) groups is 1. The summed E-state index contributed by atoms with van der Waals surface area (Å²) in [5.41, 5.74) is 2.99. The molecule has 0 bridgehead atoms. The van der Waals surface area contributed by atoms with Crippen LogP contribution in [-0.4, -0.2) is 44.9 Å². The fourth-order valence-corrected chi connectivity index (χ4v) is 3.82. The molecule has 1 aliphatic heterocycles. The molecule has 0 saturated carbocycles. The largest absolute Gasteiger partial charge is 0.497 e. The van der Waals surface area contributed by atoms with E-state index in [2.05, 4.69) is 4.99 Å². The number of ether oxygens (including phenoxy) is 3. The molecule has 1 aromatic carbocycles. The van der Waals surface area contributed by atoms with Crippen LogP contribution in [0, 0.1) is 5.92 Å². The van der Waals surface area contributed by atoms with Crippen LogP contribution < -0.4 is 4.74 Å². The van der Waals surface area contributed by atoms with Gasteiger partial charge in [-0.2, -0.15) is 0 Å². The van der Waals surface area contributed by atoms with Gasteiger partial charge in [-0.05, 0) is 37.5 Å². The van der Waals surface area contributed by atoms with Crippen LogP contribution in [0.1, 0.15) is 37.7 Å². The lowest BCUT2D eigenvalue weighted by Crippen LogP contribution is -2.37. The summed E-state index contributed by atoms with van der Waals surface area (Å²) in [4.78, 5) is 30.3. The summed E-state index contributed by atoms with van der Waals surface area (Å²) in [6, 6.07) is 7.52. The molecule has 0 radical (unpaired) electrons. The molecule has 1 heterocycles. The topological polar surface area (TPSA) is 74.2 Å². The van der Waals surface area contributed by atoms with Crippen molar-refractivity contribution in [1.29, 1.82) is 0 Å². The van der Waals surface area contributed by atoms with Gasteiger partial charge in [-0.3, -0.25) is 14.6 Å². The lowest BCUT2D eigenvalue weighted by atomic mass is 9.72. The van der Waals surface area contributed by atoms with Crippen LogP contribution in [0.4, 0.5) is 0 Å². The van der Waals surface area contributed by atoms with Crippen LogP contribution in [-0.2, 0) is 19.1 Å². The molecule has 3 rings (SSSR count). The van der Waals surface area contributed by atoms with Gasteiger partial charge >= 0.3 is 5.97 Å². The second kappa shape index (κ2) is 8.48. The number of carbonyl (C=O) groups excluding carboxylic acids is 2. The van der Waals surface area contributed by atoms with Crippen LogP contribution in [0.2, 0.25) is 0 Å². The SMILES string of the molecule is COCCOC(=O)C1C(C)=NC2=C(C(=O)CCC2)[C@@H]1c1cccc(OC)c1. The van der Waals surface area contributed by atoms with E-state index in [0.717, 1.165) is 24.1 Å². The molecule has 144 valence electrons. The van der Waals surface area contributed by atoms with Crippen LogP contribution >= 0.6 is 0 Å². The average molecular weight is 371 g/mol. The van der Waals surface area contributed by atoms with Gasteiger partial charge in [0, 0.05) is 36.4 Å². The standard InChI is InChI=1S/C21H25NO5/c1-13-18(21(24)27-11-10-25-2)19(14-6-4-7-15(12-14)26-3)20-16(22-13)8-5-9-17(20)23/h4,6-7,12,18-19H,5,8-11H2,1-3H3/t18?,19-/m1/s1. The first-order valence-electron chi connectivity index (χ1n) is 9.17. The third-order valence-electron chi connectivity index (χ3n) is 5.07. The summed E-state index contributed by atoms with van der Waals surface area (Å²) in [6.07, 6.45) is 2.03. The minimum absolute atomic E-state index is 0.0648.